The standard InChI is InChI=1S/C16H32N2O3SSi/c1-12-9-10-14(17-18-22(19)20)16(5,6)13(12)11-21-23(7,8)15(2,3)4/h22H,9-11H2,1-8H3,(H,18,19,20)/b17-14-. The van der Waals surface area contributed by atoms with Crippen LogP contribution in [-0.4, -0.2) is 29.1 Å². The van der Waals surface area contributed by atoms with Crippen LogP contribution in [0.4, 0.5) is 0 Å². The topological polar surface area (TPSA) is 67.8 Å². The van der Waals surface area contributed by atoms with E-state index in [2.05, 4.69) is 64.6 Å². The van der Waals surface area contributed by atoms with Gasteiger partial charge in [-0.25, -0.2) is 13.2 Å². The molecule has 0 saturated carbocycles. The first kappa shape index (κ1) is 20.4. The molecular weight excluding hydrogens is 328 g/mol. The van der Waals surface area contributed by atoms with E-state index >= 15 is 0 Å². The molecule has 0 aliphatic heterocycles. The van der Waals surface area contributed by atoms with Gasteiger partial charge in [-0.2, -0.15) is 5.10 Å². The molecule has 134 valence electrons. The zero-order valence-electron chi connectivity index (χ0n) is 15.7. The van der Waals surface area contributed by atoms with Crippen molar-refractivity contribution in [1.82, 2.24) is 4.83 Å². The van der Waals surface area contributed by atoms with E-state index in [0.29, 0.717) is 6.61 Å². The number of thiol groups is 1. The van der Waals surface area contributed by atoms with Crippen molar-refractivity contribution in [2.45, 2.75) is 72.5 Å². The first-order valence-electron chi connectivity index (χ1n) is 8.09. The number of hydrazone groups is 1. The molecule has 0 aromatic carbocycles. The van der Waals surface area contributed by atoms with Gasteiger partial charge in [0.1, 0.15) is 0 Å². The molecule has 1 aliphatic carbocycles. The first-order valence-corrected chi connectivity index (χ1v) is 12.2. The third kappa shape index (κ3) is 4.90. The van der Waals surface area contributed by atoms with Crippen molar-refractivity contribution >= 4 is 24.9 Å². The molecule has 0 aromatic rings. The number of nitrogens with zero attached hydrogens (tertiary/aromatic N) is 1. The van der Waals surface area contributed by atoms with Gasteiger partial charge >= 0.3 is 0 Å². The highest BCUT2D eigenvalue weighted by atomic mass is 32.2. The van der Waals surface area contributed by atoms with Crippen molar-refractivity contribution in [3.05, 3.63) is 11.1 Å². The molecule has 0 unspecified atom stereocenters. The maximum atomic E-state index is 10.8. The Bertz CT molecular complexity index is 577. The summed E-state index contributed by atoms with van der Waals surface area (Å²) in [6, 6.07) is 0. The molecular formula is C16H32N2O3SSi. The molecule has 0 spiro atoms. The number of rotatable bonds is 5. The molecule has 0 atom stereocenters. The molecule has 1 aliphatic rings. The zero-order chi connectivity index (χ0) is 18.1. The van der Waals surface area contributed by atoms with Gasteiger partial charge in [0.25, 0.3) is 0 Å². The molecule has 7 heteroatoms. The number of allylic oxidation sites excluding steroid dienone is 1. The van der Waals surface area contributed by atoms with Gasteiger partial charge in [-0.05, 0) is 43.5 Å². The Labute approximate surface area is 143 Å². The van der Waals surface area contributed by atoms with Crippen LogP contribution in [0.5, 0.6) is 0 Å². The van der Waals surface area contributed by atoms with Crippen LogP contribution in [0.15, 0.2) is 16.2 Å². The Kier molecular flexibility index (Phi) is 6.26. The van der Waals surface area contributed by atoms with Gasteiger partial charge < -0.3 is 4.43 Å². The van der Waals surface area contributed by atoms with Crippen LogP contribution in [-0.2, 0) is 15.3 Å². The Morgan fingerprint density at radius 2 is 1.83 bits per heavy atom. The van der Waals surface area contributed by atoms with Gasteiger partial charge in [0.2, 0.25) is 10.9 Å². The lowest BCUT2D eigenvalue weighted by Crippen LogP contribution is -2.43. The fraction of sp³-hybridized carbons (Fsp3) is 0.812. The summed E-state index contributed by atoms with van der Waals surface area (Å²) in [7, 11) is -4.54. The summed E-state index contributed by atoms with van der Waals surface area (Å²) in [5.74, 6) is 0. The third-order valence-electron chi connectivity index (χ3n) is 5.38. The van der Waals surface area contributed by atoms with Crippen LogP contribution in [0.2, 0.25) is 18.1 Å². The van der Waals surface area contributed by atoms with E-state index < -0.39 is 19.2 Å². The molecule has 0 radical (unpaired) electrons. The van der Waals surface area contributed by atoms with Crippen LogP contribution in [0, 0.1) is 5.41 Å². The Hall–Kier alpha value is -0.663. The zero-order valence-corrected chi connectivity index (χ0v) is 17.6. The van der Waals surface area contributed by atoms with E-state index in [1.807, 2.05) is 0 Å². The molecule has 0 aromatic heterocycles. The molecule has 1 N–H and O–H groups in total. The summed E-state index contributed by atoms with van der Waals surface area (Å²) in [4.78, 5) is 2.19. The largest absolute Gasteiger partial charge is 0.413 e. The van der Waals surface area contributed by atoms with E-state index in [1.54, 1.807) is 0 Å². The van der Waals surface area contributed by atoms with E-state index in [9.17, 15) is 8.42 Å². The Morgan fingerprint density at radius 1 is 1.26 bits per heavy atom. The van der Waals surface area contributed by atoms with E-state index in [0.717, 1.165) is 18.6 Å². The fourth-order valence-corrected chi connectivity index (χ4v) is 3.69. The second-order valence-electron chi connectivity index (χ2n) is 8.35. The van der Waals surface area contributed by atoms with Crippen molar-refractivity contribution in [1.29, 1.82) is 0 Å². The SMILES string of the molecule is CC1=C(CO[Si](C)(C)C(C)(C)C)C(C)(C)/C(=N\N[SH](=O)=O)CC1. The summed E-state index contributed by atoms with van der Waals surface area (Å²) in [5, 5.41) is 4.27. The van der Waals surface area contributed by atoms with Crippen molar-refractivity contribution in [2.24, 2.45) is 10.5 Å². The minimum Gasteiger partial charge on any atom is -0.413 e. The van der Waals surface area contributed by atoms with Gasteiger partial charge in [0.15, 0.2) is 8.32 Å². The van der Waals surface area contributed by atoms with Crippen LogP contribution in [0.25, 0.3) is 0 Å². The monoisotopic (exact) mass is 360 g/mol. The number of hydrogen-bond acceptors (Lipinski definition) is 4. The first-order chi connectivity index (χ1) is 10.3. The quantitative estimate of drug-likeness (QED) is 0.340. The summed E-state index contributed by atoms with van der Waals surface area (Å²) in [6.45, 7) is 18.1. The number of nitrogens with one attached hydrogen (secondary N) is 1. The molecule has 1 rings (SSSR count). The summed E-state index contributed by atoms with van der Waals surface area (Å²) < 4.78 is 27.9. The van der Waals surface area contributed by atoms with Gasteiger partial charge in [-0.15, -0.1) is 0 Å². The fourth-order valence-electron chi connectivity index (χ4n) is 2.55. The molecule has 0 amide bonds. The summed E-state index contributed by atoms with van der Waals surface area (Å²) in [5.41, 5.74) is 3.15. The summed E-state index contributed by atoms with van der Waals surface area (Å²) in [6.07, 6.45) is 1.67. The average molecular weight is 361 g/mol. The minimum absolute atomic E-state index is 0.166. The molecule has 5 nitrogen and oxygen atoms in total. The maximum absolute atomic E-state index is 10.8. The van der Waals surface area contributed by atoms with Crippen LogP contribution in [0.3, 0.4) is 0 Å². The van der Waals surface area contributed by atoms with Crippen LogP contribution < -0.4 is 4.83 Å². The van der Waals surface area contributed by atoms with E-state index in [4.69, 9.17) is 4.43 Å². The normalized spacial score (nSPS) is 21.2. The van der Waals surface area contributed by atoms with Crippen LogP contribution in [0.1, 0.15) is 54.4 Å². The van der Waals surface area contributed by atoms with Crippen molar-refractivity contribution in [3.63, 3.8) is 0 Å². The average Bonchev–Trinajstić information content (AvgIpc) is 2.35. The van der Waals surface area contributed by atoms with Crippen molar-refractivity contribution in [2.75, 3.05) is 6.61 Å². The van der Waals surface area contributed by atoms with Gasteiger partial charge in [0, 0.05) is 11.1 Å². The predicted octanol–water partition coefficient (Wildman–Crippen LogP) is 3.62. The smallest absolute Gasteiger partial charge is 0.237 e. The lowest BCUT2D eigenvalue weighted by atomic mass is 9.71. The molecule has 23 heavy (non-hydrogen) atoms. The maximum Gasteiger partial charge on any atom is 0.237 e. The Balaban J connectivity index is 3.02. The van der Waals surface area contributed by atoms with E-state index in [-0.39, 0.29) is 10.5 Å². The lowest BCUT2D eigenvalue weighted by molar-refractivity contribution is 0.296. The third-order valence-corrected chi connectivity index (χ3v) is 10.1. The molecule has 0 bridgehead atoms. The molecule has 0 saturated heterocycles. The second-order valence-corrected chi connectivity index (χ2v) is 13.9. The highest BCUT2D eigenvalue weighted by Crippen LogP contribution is 2.41. The van der Waals surface area contributed by atoms with Crippen LogP contribution >= 0.6 is 0 Å². The van der Waals surface area contributed by atoms with Gasteiger partial charge in [-0.3, -0.25) is 0 Å². The van der Waals surface area contributed by atoms with Gasteiger partial charge in [-0.1, -0.05) is 40.2 Å². The lowest BCUT2D eigenvalue weighted by Gasteiger charge is -2.40. The predicted molar refractivity (Wildman–Crippen MR) is 99.7 cm³/mol. The minimum atomic E-state index is -2.71. The highest BCUT2D eigenvalue weighted by Gasteiger charge is 2.40. The highest BCUT2D eigenvalue weighted by molar-refractivity contribution is 7.70. The molecule has 0 heterocycles. The van der Waals surface area contributed by atoms with Gasteiger partial charge in [0.05, 0.1) is 6.61 Å². The summed E-state index contributed by atoms with van der Waals surface area (Å²) >= 11 is 0. The van der Waals surface area contributed by atoms with Crippen molar-refractivity contribution in [3.8, 4) is 0 Å². The number of hydrogen-bond donors (Lipinski definition) is 2. The second kappa shape index (κ2) is 7.07. The van der Waals surface area contributed by atoms with Crippen molar-refractivity contribution < 1.29 is 12.8 Å². The Morgan fingerprint density at radius 3 is 2.30 bits per heavy atom. The molecule has 0 fully saturated rings. The van der Waals surface area contributed by atoms with E-state index in [1.165, 1.54) is 11.1 Å².